The van der Waals surface area contributed by atoms with Crippen molar-refractivity contribution in [1.29, 1.82) is 0 Å². The van der Waals surface area contributed by atoms with Crippen LogP contribution < -0.4 is 4.74 Å². The molecule has 1 atom stereocenters. The Labute approximate surface area is 170 Å². The van der Waals surface area contributed by atoms with Crippen molar-refractivity contribution in [2.24, 2.45) is 0 Å². The number of pyridine rings is 1. The van der Waals surface area contributed by atoms with Gasteiger partial charge in [-0.25, -0.2) is 8.42 Å². The highest BCUT2D eigenvalue weighted by molar-refractivity contribution is 7.91. The maximum Gasteiger partial charge on any atom is 0.261 e. The number of carbonyl (C=O) groups excluding carboxylic acids is 1. The summed E-state index contributed by atoms with van der Waals surface area (Å²) in [5.74, 6) is 0.421. The molecular weight excluding hydrogens is 388 g/mol. The Balaban J connectivity index is 1.53. The average Bonchev–Trinajstić information content (AvgIpc) is 3.10. The molecule has 7 heteroatoms. The van der Waals surface area contributed by atoms with Crippen molar-refractivity contribution < 1.29 is 17.9 Å². The minimum absolute atomic E-state index is 0.00139. The molecule has 0 saturated carbocycles. The van der Waals surface area contributed by atoms with E-state index in [1.54, 1.807) is 17.2 Å². The molecule has 1 unspecified atom stereocenters. The van der Waals surface area contributed by atoms with Crippen molar-refractivity contribution in [3.8, 4) is 5.75 Å². The highest BCUT2D eigenvalue weighted by Crippen LogP contribution is 2.24. The van der Waals surface area contributed by atoms with Crippen LogP contribution in [0.1, 0.15) is 12.0 Å². The van der Waals surface area contributed by atoms with Crippen LogP contribution in [-0.2, 0) is 21.2 Å². The van der Waals surface area contributed by atoms with E-state index in [0.717, 1.165) is 10.9 Å². The number of carbonyl (C=O) groups is 1. The van der Waals surface area contributed by atoms with Crippen molar-refractivity contribution in [2.45, 2.75) is 19.0 Å². The lowest BCUT2D eigenvalue weighted by atomic mass is 10.1. The molecular formula is C22H22N2O4S. The van der Waals surface area contributed by atoms with Gasteiger partial charge in [0.15, 0.2) is 16.4 Å². The summed E-state index contributed by atoms with van der Waals surface area (Å²) in [6.07, 6.45) is 2.14. The zero-order chi connectivity index (χ0) is 20.3. The van der Waals surface area contributed by atoms with E-state index in [1.165, 1.54) is 0 Å². The molecule has 1 aliphatic rings. The van der Waals surface area contributed by atoms with Crippen LogP contribution in [0.15, 0.2) is 66.9 Å². The first-order valence-electron chi connectivity index (χ1n) is 9.52. The predicted molar refractivity (Wildman–Crippen MR) is 111 cm³/mol. The summed E-state index contributed by atoms with van der Waals surface area (Å²) < 4.78 is 29.7. The molecule has 150 valence electrons. The summed E-state index contributed by atoms with van der Waals surface area (Å²) in [7, 11) is -3.11. The summed E-state index contributed by atoms with van der Waals surface area (Å²) >= 11 is 0. The summed E-state index contributed by atoms with van der Waals surface area (Å²) in [5, 5.41) is 0.931. The van der Waals surface area contributed by atoms with E-state index in [0.29, 0.717) is 24.2 Å². The first-order chi connectivity index (χ1) is 14.0. The van der Waals surface area contributed by atoms with E-state index in [4.69, 9.17) is 4.74 Å². The predicted octanol–water partition coefficient (Wildman–Crippen LogP) is 2.83. The minimum atomic E-state index is -3.11. The number of amides is 1. The number of nitrogens with zero attached hydrogens (tertiary/aromatic N) is 2. The zero-order valence-electron chi connectivity index (χ0n) is 15.9. The molecule has 6 nitrogen and oxygen atoms in total. The van der Waals surface area contributed by atoms with Crippen molar-refractivity contribution in [1.82, 2.24) is 9.88 Å². The normalized spacial score (nSPS) is 17.9. The quantitative estimate of drug-likeness (QED) is 0.625. The van der Waals surface area contributed by atoms with Crippen molar-refractivity contribution in [3.63, 3.8) is 0 Å². The molecule has 2 heterocycles. The van der Waals surface area contributed by atoms with E-state index in [1.807, 2.05) is 54.6 Å². The maximum atomic E-state index is 13.0. The highest BCUT2D eigenvalue weighted by atomic mass is 32.2. The van der Waals surface area contributed by atoms with Gasteiger partial charge in [-0.05, 0) is 24.1 Å². The van der Waals surface area contributed by atoms with Crippen LogP contribution in [0.4, 0.5) is 0 Å². The summed E-state index contributed by atoms with van der Waals surface area (Å²) in [4.78, 5) is 19.0. The lowest BCUT2D eigenvalue weighted by molar-refractivity contribution is -0.135. The topological polar surface area (TPSA) is 76.6 Å². The molecule has 29 heavy (non-hydrogen) atoms. The lowest BCUT2D eigenvalue weighted by Crippen LogP contribution is -2.43. The Morgan fingerprint density at radius 1 is 1.07 bits per heavy atom. The highest BCUT2D eigenvalue weighted by Gasteiger charge is 2.34. The number of fused-ring (bicyclic) bond motifs is 1. The second-order valence-electron chi connectivity index (χ2n) is 7.18. The van der Waals surface area contributed by atoms with E-state index in [2.05, 4.69) is 4.98 Å². The molecule has 1 aliphatic heterocycles. The number of rotatable bonds is 6. The third-order valence-electron chi connectivity index (χ3n) is 5.11. The van der Waals surface area contributed by atoms with Crippen LogP contribution in [-0.4, -0.2) is 48.4 Å². The van der Waals surface area contributed by atoms with Crippen LogP contribution in [0.2, 0.25) is 0 Å². The van der Waals surface area contributed by atoms with E-state index in [9.17, 15) is 13.2 Å². The maximum absolute atomic E-state index is 13.0. The molecule has 0 radical (unpaired) electrons. The van der Waals surface area contributed by atoms with Crippen LogP contribution in [0.3, 0.4) is 0 Å². The second-order valence-corrected chi connectivity index (χ2v) is 9.41. The number of hydrogen-bond acceptors (Lipinski definition) is 5. The SMILES string of the molecule is O=C(COc1cccc2cccnc12)N(Cc1ccccc1)C1CCS(=O)(=O)C1. The molecule has 0 spiro atoms. The van der Waals surface area contributed by atoms with Gasteiger partial charge in [-0.2, -0.15) is 0 Å². The molecule has 2 aromatic carbocycles. The van der Waals surface area contributed by atoms with Crippen LogP contribution in [0, 0.1) is 0 Å². The molecule has 0 bridgehead atoms. The Hall–Kier alpha value is -2.93. The molecule has 1 saturated heterocycles. The van der Waals surface area contributed by atoms with Gasteiger partial charge in [-0.15, -0.1) is 0 Å². The Kier molecular flexibility index (Phi) is 5.49. The number of ether oxygens (including phenoxy) is 1. The van der Waals surface area contributed by atoms with Gasteiger partial charge in [0.25, 0.3) is 5.91 Å². The van der Waals surface area contributed by atoms with E-state index < -0.39 is 9.84 Å². The average molecular weight is 410 g/mol. The third kappa shape index (κ3) is 4.56. The number of sulfone groups is 1. The van der Waals surface area contributed by atoms with Gasteiger partial charge in [0.1, 0.15) is 11.3 Å². The van der Waals surface area contributed by atoms with Gasteiger partial charge in [0.2, 0.25) is 0 Å². The Morgan fingerprint density at radius 3 is 2.62 bits per heavy atom. The van der Waals surface area contributed by atoms with Crippen LogP contribution in [0.5, 0.6) is 5.75 Å². The van der Waals surface area contributed by atoms with Crippen molar-refractivity contribution in [2.75, 3.05) is 18.1 Å². The fourth-order valence-electron chi connectivity index (χ4n) is 3.64. The molecule has 1 amide bonds. The fourth-order valence-corrected chi connectivity index (χ4v) is 5.37. The van der Waals surface area contributed by atoms with Gasteiger partial charge in [-0.3, -0.25) is 9.78 Å². The number of aromatic nitrogens is 1. The van der Waals surface area contributed by atoms with Gasteiger partial charge in [-0.1, -0.05) is 48.5 Å². The van der Waals surface area contributed by atoms with Gasteiger partial charge >= 0.3 is 0 Å². The largest absolute Gasteiger partial charge is 0.481 e. The molecule has 0 aliphatic carbocycles. The second kappa shape index (κ2) is 8.21. The number of benzene rings is 2. The molecule has 1 fully saturated rings. The monoisotopic (exact) mass is 410 g/mol. The Morgan fingerprint density at radius 2 is 1.86 bits per heavy atom. The third-order valence-corrected chi connectivity index (χ3v) is 6.86. The zero-order valence-corrected chi connectivity index (χ0v) is 16.7. The minimum Gasteiger partial charge on any atom is -0.481 e. The number of hydrogen-bond donors (Lipinski definition) is 0. The van der Waals surface area contributed by atoms with Gasteiger partial charge < -0.3 is 9.64 Å². The smallest absolute Gasteiger partial charge is 0.261 e. The molecule has 1 aromatic heterocycles. The van der Waals surface area contributed by atoms with Crippen LogP contribution >= 0.6 is 0 Å². The molecule has 4 rings (SSSR count). The first-order valence-corrected chi connectivity index (χ1v) is 11.3. The first kappa shape index (κ1) is 19.4. The standard InChI is InChI=1S/C22H22N2O4S/c25-21(15-28-20-10-4-8-18-9-5-12-23-22(18)20)24(14-17-6-2-1-3-7-17)19-11-13-29(26,27)16-19/h1-10,12,19H,11,13-16H2. The molecule has 0 N–H and O–H groups in total. The van der Waals surface area contributed by atoms with E-state index >= 15 is 0 Å². The van der Waals surface area contributed by atoms with Crippen LogP contribution in [0.25, 0.3) is 10.9 Å². The van der Waals surface area contributed by atoms with Gasteiger partial charge in [0, 0.05) is 24.2 Å². The van der Waals surface area contributed by atoms with E-state index in [-0.39, 0.29) is 30.1 Å². The lowest BCUT2D eigenvalue weighted by Gasteiger charge is -2.28. The fraction of sp³-hybridized carbons (Fsp3) is 0.273. The van der Waals surface area contributed by atoms with Crippen molar-refractivity contribution >= 4 is 26.6 Å². The Bertz CT molecular complexity index is 1110. The summed E-state index contributed by atoms with van der Waals surface area (Å²) in [5.41, 5.74) is 1.65. The number of para-hydroxylation sites is 1. The molecule has 3 aromatic rings. The van der Waals surface area contributed by atoms with Crippen molar-refractivity contribution in [3.05, 3.63) is 72.4 Å². The summed E-state index contributed by atoms with van der Waals surface area (Å²) in [6.45, 7) is 0.191. The van der Waals surface area contributed by atoms with Gasteiger partial charge in [0.05, 0.1) is 11.5 Å². The summed E-state index contributed by atoms with van der Waals surface area (Å²) in [6, 6.07) is 18.6.